The third kappa shape index (κ3) is 3.41. The third-order valence-corrected chi connectivity index (χ3v) is 8.78. The number of nitrogens with one attached hydrogen (secondary N) is 2. The molecule has 1 amide bonds. The van der Waals surface area contributed by atoms with Gasteiger partial charge in [-0.2, -0.15) is 0 Å². The number of halogens is 1. The van der Waals surface area contributed by atoms with Gasteiger partial charge < -0.3 is 26.0 Å². The van der Waals surface area contributed by atoms with Gasteiger partial charge in [-0.3, -0.25) is 4.79 Å². The Morgan fingerprint density at radius 2 is 2.09 bits per heavy atom. The SMILES string of the molecule is Cc1nc2sc(C(=O)N[C@@H]3COc4cc(N5CC6CCC(C5)N6)cc(F)c4C3)c(N)c2s1. The van der Waals surface area contributed by atoms with E-state index in [1.165, 1.54) is 35.5 Å². The second-order valence-electron chi connectivity index (χ2n) is 8.84. The number of aromatic nitrogens is 1. The number of carbonyl (C=O) groups excluding carboxylic acids is 1. The predicted molar refractivity (Wildman–Crippen MR) is 126 cm³/mol. The highest BCUT2D eigenvalue weighted by Gasteiger charge is 2.33. The molecule has 6 rings (SSSR count). The number of nitrogen functional groups attached to an aromatic ring is 1. The van der Waals surface area contributed by atoms with E-state index >= 15 is 4.39 Å². The molecule has 2 bridgehead atoms. The van der Waals surface area contributed by atoms with Gasteiger partial charge in [-0.15, -0.1) is 22.7 Å². The lowest BCUT2D eigenvalue weighted by atomic mass is 10.0. The van der Waals surface area contributed by atoms with Crippen molar-refractivity contribution in [2.75, 3.05) is 30.3 Å². The fourth-order valence-electron chi connectivity index (χ4n) is 5.03. The van der Waals surface area contributed by atoms with Crippen LogP contribution in [0.15, 0.2) is 12.1 Å². The minimum absolute atomic E-state index is 0.263. The average molecular weight is 474 g/mol. The van der Waals surface area contributed by atoms with Crippen LogP contribution in [0.5, 0.6) is 5.75 Å². The first-order chi connectivity index (χ1) is 15.4. The summed E-state index contributed by atoms with van der Waals surface area (Å²) in [5, 5.41) is 7.49. The normalized spacial score (nSPS) is 24.4. The fraction of sp³-hybridized carbons (Fsp3) is 0.455. The number of nitrogens with zero attached hydrogens (tertiary/aromatic N) is 2. The van der Waals surface area contributed by atoms with Gasteiger partial charge in [0, 0.05) is 48.9 Å². The third-order valence-electron chi connectivity index (χ3n) is 6.54. The van der Waals surface area contributed by atoms with Crippen LogP contribution in [0, 0.1) is 12.7 Å². The first-order valence-electron chi connectivity index (χ1n) is 10.9. The Hall–Kier alpha value is -2.43. The smallest absolute Gasteiger partial charge is 0.263 e. The highest BCUT2D eigenvalue weighted by atomic mass is 32.1. The van der Waals surface area contributed by atoms with Crippen LogP contribution >= 0.6 is 22.7 Å². The number of anilines is 2. The molecule has 32 heavy (non-hydrogen) atoms. The minimum atomic E-state index is -0.320. The van der Waals surface area contributed by atoms with Crippen LogP contribution < -0.4 is 26.0 Å². The Morgan fingerprint density at radius 1 is 1.31 bits per heavy atom. The van der Waals surface area contributed by atoms with E-state index in [1.54, 1.807) is 6.07 Å². The van der Waals surface area contributed by atoms with Crippen molar-refractivity contribution < 1.29 is 13.9 Å². The number of hydrogen-bond donors (Lipinski definition) is 3. The number of amides is 1. The molecule has 0 spiro atoms. The highest BCUT2D eigenvalue weighted by molar-refractivity contribution is 7.29. The van der Waals surface area contributed by atoms with E-state index in [9.17, 15) is 4.79 Å². The number of hydrogen-bond acceptors (Lipinski definition) is 8. The lowest BCUT2D eigenvalue weighted by molar-refractivity contribution is 0.0919. The van der Waals surface area contributed by atoms with E-state index in [1.807, 2.05) is 13.0 Å². The zero-order valence-electron chi connectivity index (χ0n) is 17.6. The molecule has 3 atom stereocenters. The summed E-state index contributed by atoms with van der Waals surface area (Å²) in [5.41, 5.74) is 8.04. The van der Waals surface area contributed by atoms with Gasteiger partial charge in [-0.05, 0) is 25.8 Å². The molecule has 0 saturated carbocycles. The first-order valence-corrected chi connectivity index (χ1v) is 12.5. The van der Waals surface area contributed by atoms with Crippen molar-refractivity contribution in [2.24, 2.45) is 0 Å². The van der Waals surface area contributed by atoms with Crippen LogP contribution in [0.3, 0.4) is 0 Å². The molecule has 2 unspecified atom stereocenters. The number of carbonyl (C=O) groups is 1. The molecule has 7 nitrogen and oxygen atoms in total. The summed E-state index contributed by atoms with van der Waals surface area (Å²) >= 11 is 2.77. The Kier molecular flexibility index (Phi) is 4.78. The Balaban J connectivity index is 1.18. The number of piperazine rings is 1. The summed E-state index contributed by atoms with van der Waals surface area (Å²) in [6.45, 7) is 3.99. The molecule has 10 heteroatoms. The van der Waals surface area contributed by atoms with Crippen LogP contribution in [-0.2, 0) is 6.42 Å². The maximum atomic E-state index is 15.1. The van der Waals surface area contributed by atoms with Crippen molar-refractivity contribution in [1.29, 1.82) is 0 Å². The zero-order chi connectivity index (χ0) is 22.0. The van der Waals surface area contributed by atoms with Gasteiger partial charge in [0.15, 0.2) is 0 Å². The molecule has 3 aliphatic rings. The largest absolute Gasteiger partial charge is 0.491 e. The van der Waals surface area contributed by atoms with Gasteiger partial charge in [0.05, 0.1) is 21.4 Å². The van der Waals surface area contributed by atoms with E-state index < -0.39 is 0 Å². The molecule has 1 aromatic carbocycles. The van der Waals surface area contributed by atoms with Gasteiger partial charge >= 0.3 is 0 Å². The molecule has 168 valence electrons. The monoisotopic (exact) mass is 473 g/mol. The average Bonchev–Trinajstić information content (AvgIpc) is 3.41. The van der Waals surface area contributed by atoms with Crippen molar-refractivity contribution in [3.05, 3.63) is 33.4 Å². The molecule has 3 aromatic rings. The van der Waals surface area contributed by atoms with Crippen LogP contribution in [0.2, 0.25) is 0 Å². The number of fused-ring (bicyclic) bond motifs is 4. The van der Waals surface area contributed by atoms with Crippen molar-refractivity contribution >= 4 is 49.5 Å². The minimum Gasteiger partial charge on any atom is -0.491 e. The molecule has 2 fully saturated rings. The first kappa shape index (κ1) is 20.2. The lowest BCUT2D eigenvalue weighted by Crippen LogP contribution is -2.51. The number of aryl methyl sites for hydroxylation is 1. The zero-order valence-corrected chi connectivity index (χ0v) is 19.2. The lowest BCUT2D eigenvalue weighted by Gasteiger charge is -2.35. The van der Waals surface area contributed by atoms with E-state index in [0.717, 1.165) is 33.3 Å². The molecule has 0 radical (unpaired) electrons. The van der Waals surface area contributed by atoms with Gasteiger partial charge in [-0.25, -0.2) is 9.37 Å². The second-order valence-corrected chi connectivity index (χ2v) is 11.0. The highest BCUT2D eigenvalue weighted by Crippen LogP contribution is 2.38. The van der Waals surface area contributed by atoms with E-state index in [4.69, 9.17) is 10.5 Å². The summed E-state index contributed by atoms with van der Waals surface area (Å²) in [4.78, 5) is 20.7. The summed E-state index contributed by atoms with van der Waals surface area (Å²) in [6.07, 6.45) is 2.74. The molecule has 2 saturated heterocycles. The second kappa shape index (κ2) is 7.57. The number of rotatable bonds is 3. The van der Waals surface area contributed by atoms with Crippen molar-refractivity contribution in [3.8, 4) is 5.75 Å². The van der Waals surface area contributed by atoms with Crippen molar-refractivity contribution in [1.82, 2.24) is 15.6 Å². The molecule has 5 heterocycles. The number of thiophene rings is 1. The number of ether oxygens (including phenoxy) is 1. The number of nitrogens with two attached hydrogens (primary N) is 1. The van der Waals surface area contributed by atoms with Crippen LogP contribution in [-0.4, -0.2) is 48.7 Å². The molecule has 2 aromatic heterocycles. The summed E-state index contributed by atoms with van der Waals surface area (Å²) in [7, 11) is 0. The summed E-state index contributed by atoms with van der Waals surface area (Å²) in [6, 6.07) is 4.19. The maximum Gasteiger partial charge on any atom is 0.263 e. The maximum absolute atomic E-state index is 15.1. The predicted octanol–water partition coefficient (Wildman–Crippen LogP) is 3.06. The Bertz CT molecular complexity index is 1210. The van der Waals surface area contributed by atoms with E-state index in [-0.39, 0.29) is 17.8 Å². The fourth-order valence-corrected chi connectivity index (χ4v) is 7.12. The van der Waals surface area contributed by atoms with Gasteiger partial charge in [-0.1, -0.05) is 0 Å². The molecular formula is C22H24FN5O2S2. The molecular weight excluding hydrogens is 449 g/mol. The van der Waals surface area contributed by atoms with Crippen molar-refractivity contribution in [3.63, 3.8) is 0 Å². The standard InChI is InChI=1S/C22H24FN5O2S2/c1-10-25-22-20(31-10)18(24)19(32-22)21(29)27-13-4-15-16(23)5-14(6-17(15)30-9-13)28-7-11-2-3-12(8-28)26-11/h5-6,11-13,26H,2-4,7-9,24H2,1H3,(H,27,29)/t11?,12?,13-/m0/s1. The van der Waals surface area contributed by atoms with Crippen LogP contribution in [0.4, 0.5) is 15.8 Å². The number of benzene rings is 1. The van der Waals surface area contributed by atoms with E-state index in [0.29, 0.717) is 47.0 Å². The molecule has 4 N–H and O–H groups in total. The van der Waals surface area contributed by atoms with Gasteiger partial charge in [0.2, 0.25) is 0 Å². The summed E-state index contributed by atoms with van der Waals surface area (Å²) in [5.74, 6) is 0.0334. The summed E-state index contributed by atoms with van der Waals surface area (Å²) < 4.78 is 21.8. The topological polar surface area (TPSA) is 92.5 Å². The van der Waals surface area contributed by atoms with Crippen LogP contribution in [0.25, 0.3) is 9.53 Å². The quantitative estimate of drug-likeness (QED) is 0.542. The molecule has 0 aliphatic carbocycles. The van der Waals surface area contributed by atoms with Crippen molar-refractivity contribution in [2.45, 2.75) is 44.3 Å². The Morgan fingerprint density at radius 3 is 2.84 bits per heavy atom. The van der Waals surface area contributed by atoms with Gasteiger partial charge in [0.1, 0.15) is 27.9 Å². The van der Waals surface area contributed by atoms with Gasteiger partial charge in [0.25, 0.3) is 5.91 Å². The van der Waals surface area contributed by atoms with E-state index in [2.05, 4.69) is 20.5 Å². The number of thiazole rings is 1. The Labute approximate surface area is 192 Å². The molecule has 3 aliphatic heterocycles. The van der Waals surface area contributed by atoms with Crippen LogP contribution in [0.1, 0.15) is 33.1 Å².